The number of ether oxygens (including phenoxy) is 1. The van der Waals surface area contributed by atoms with E-state index in [0.29, 0.717) is 36.2 Å². The minimum atomic E-state index is -3.60. The Morgan fingerprint density at radius 3 is 2.51 bits per heavy atom. The number of rotatable bonds is 8. The summed E-state index contributed by atoms with van der Waals surface area (Å²) in [4.78, 5) is 20.1. The molecule has 4 aromatic rings. The molecule has 2 aromatic carbocycles. The Kier molecular flexibility index (Phi) is 7.59. The number of benzene rings is 2. The lowest BCUT2D eigenvalue weighted by Gasteiger charge is -2.21. The van der Waals surface area contributed by atoms with Crippen LogP contribution < -0.4 is 9.64 Å². The summed E-state index contributed by atoms with van der Waals surface area (Å²) in [5.41, 5.74) is 1.13. The molecule has 1 fully saturated rings. The Hall–Kier alpha value is -3.21. The van der Waals surface area contributed by atoms with Crippen molar-refractivity contribution >= 4 is 42.6 Å². The Morgan fingerprint density at radius 1 is 1.08 bits per heavy atom. The SMILES string of the molecule is CCOc1ccc2nc(N(Cc3ccco3)C(=O)c3ccc(S(=O)(=O)N4CCCCCC4)cc3)sc2c1. The lowest BCUT2D eigenvalue weighted by atomic mass is 10.2. The molecule has 0 saturated carbocycles. The molecule has 0 spiro atoms. The molecule has 0 radical (unpaired) electrons. The van der Waals surface area contributed by atoms with Crippen LogP contribution in [-0.4, -0.2) is 43.3 Å². The van der Waals surface area contributed by atoms with Crippen LogP contribution in [-0.2, 0) is 16.6 Å². The number of anilines is 1. The largest absolute Gasteiger partial charge is 0.494 e. The van der Waals surface area contributed by atoms with Crippen molar-refractivity contribution in [2.75, 3.05) is 24.6 Å². The first-order valence-electron chi connectivity index (χ1n) is 12.4. The van der Waals surface area contributed by atoms with Gasteiger partial charge in [0.25, 0.3) is 5.91 Å². The summed E-state index contributed by atoms with van der Waals surface area (Å²) in [6, 6.07) is 15.4. The van der Waals surface area contributed by atoms with E-state index in [1.807, 2.05) is 25.1 Å². The number of thiazole rings is 1. The average molecular weight is 540 g/mol. The molecule has 0 bridgehead atoms. The van der Waals surface area contributed by atoms with Crippen molar-refractivity contribution in [3.05, 3.63) is 72.2 Å². The number of hydrogen-bond acceptors (Lipinski definition) is 7. The molecule has 5 rings (SSSR count). The molecule has 0 aliphatic carbocycles. The summed E-state index contributed by atoms with van der Waals surface area (Å²) in [6.45, 7) is 3.74. The summed E-state index contributed by atoms with van der Waals surface area (Å²) >= 11 is 1.39. The van der Waals surface area contributed by atoms with Crippen LogP contribution in [0.25, 0.3) is 10.2 Å². The summed E-state index contributed by atoms with van der Waals surface area (Å²) < 4.78 is 39.9. The molecule has 1 aliphatic rings. The van der Waals surface area contributed by atoms with Gasteiger partial charge in [0.1, 0.15) is 11.5 Å². The Labute approximate surface area is 220 Å². The van der Waals surface area contributed by atoms with Crippen LogP contribution in [0.2, 0.25) is 0 Å². The highest BCUT2D eigenvalue weighted by molar-refractivity contribution is 7.89. The van der Waals surface area contributed by atoms with E-state index in [0.717, 1.165) is 41.6 Å². The second kappa shape index (κ2) is 11.0. The molecule has 1 amide bonds. The zero-order valence-electron chi connectivity index (χ0n) is 20.6. The number of nitrogens with zero attached hydrogens (tertiary/aromatic N) is 3. The van der Waals surface area contributed by atoms with Crippen LogP contribution in [0.1, 0.15) is 48.7 Å². The molecule has 37 heavy (non-hydrogen) atoms. The molecule has 1 aliphatic heterocycles. The van der Waals surface area contributed by atoms with Gasteiger partial charge < -0.3 is 9.15 Å². The van der Waals surface area contributed by atoms with Crippen LogP contribution >= 0.6 is 11.3 Å². The van der Waals surface area contributed by atoms with E-state index >= 15 is 0 Å². The van der Waals surface area contributed by atoms with E-state index < -0.39 is 10.0 Å². The van der Waals surface area contributed by atoms with Gasteiger partial charge in [0.05, 0.1) is 34.5 Å². The predicted molar refractivity (Wildman–Crippen MR) is 144 cm³/mol. The van der Waals surface area contributed by atoms with Crippen molar-refractivity contribution in [1.29, 1.82) is 0 Å². The molecule has 3 heterocycles. The fourth-order valence-corrected chi connectivity index (χ4v) is 6.91. The van der Waals surface area contributed by atoms with Gasteiger partial charge in [0.2, 0.25) is 10.0 Å². The molecular weight excluding hydrogens is 510 g/mol. The van der Waals surface area contributed by atoms with Gasteiger partial charge in [-0.05, 0) is 74.4 Å². The normalized spacial score (nSPS) is 14.9. The lowest BCUT2D eigenvalue weighted by molar-refractivity contribution is 0.0983. The summed E-state index contributed by atoms with van der Waals surface area (Å²) in [5, 5.41) is 0.520. The standard InChI is InChI=1S/C27H29N3O5S2/c1-2-34-21-11-14-24-25(18-21)36-27(28-24)30(19-22-8-7-17-35-22)26(31)20-9-12-23(13-10-20)37(32,33)29-15-5-3-4-6-16-29/h7-14,17-18H,2-6,15-16,19H2,1H3. The number of carbonyl (C=O) groups excluding carboxylic acids is 1. The summed E-state index contributed by atoms with van der Waals surface area (Å²) in [6.07, 6.45) is 5.39. The third kappa shape index (κ3) is 5.56. The van der Waals surface area contributed by atoms with Crippen LogP contribution in [0.5, 0.6) is 5.75 Å². The fraction of sp³-hybridized carbons (Fsp3) is 0.333. The lowest BCUT2D eigenvalue weighted by Crippen LogP contribution is -2.32. The van der Waals surface area contributed by atoms with Gasteiger partial charge >= 0.3 is 0 Å². The van der Waals surface area contributed by atoms with Gasteiger partial charge in [0.15, 0.2) is 5.13 Å². The fourth-order valence-electron chi connectivity index (χ4n) is 4.41. The van der Waals surface area contributed by atoms with Crippen LogP contribution in [0, 0.1) is 0 Å². The quantitative estimate of drug-likeness (QED) is 0.285. The maximum atomic E-state index is 13.7. The molecular formula is C27H29N3O5S2. The number of hydrogen-bond donors (Lipinski definition) is 0. The molecule has 2 aromatic heterocycles. The van der Waals surface area contributed by atoms with E-state index in [-0.39, 0.29) is 17.3 Å². The van der Waals surface area contributed by atoms with E-state index in [2.05, 4.69) is 0 Å². The van der Waals surface area contributed by atoms with Gasteiger partial charge in [-0.25, -0.2) is 13.4 Å². The zero-order valence-corrected chi connectivity index (χ0v) is 22.3. The number of furan rings is 1. The minimum Gasteiger partial charge on any atom is -0.494 e. The topological polar surface area (TPSA) is 93.0 Å². The second-order valence-corrected chi connectivity index (χ2v) is 11.8. The molecule has 0 unspecified atom stereocenters. The first kappa shape index (κ1) is 25.4. The van der Waals surface area contributed by atoms with Gasteiger partial charge in [0, 0.05) is 18.7 Å². The Bertz CT molecular complexity index is 1460. The van der Waals surface area contributed by atoms with Crippen molar-refractivity contribution < 1.29 is 22.4 Å². The van der Waals surface area contributed by atoms with Crippen molar-refractivity contribution in [2.45, 2.75) is 44.0 Å². The molecule has 1 saturated heterocycles. The summed E-state index contributed by atoms with van der Waals surface area (Å²) in [5.74, 6) is 1.07. The van der Waals surface area contributed by atoms with Gasteiger partial charge in [-0.3, -0.25) is 9.69 Å². The molecule has 8 nitrogen and oxygen atoms in total. The van der Waals surface area contributed by atoms with Gasteiger partial charge in [-0.1, -0.05) is 24.2 Å². The molecule has 0 N–H and O–H groups in total. The Morgan fingerprint density at radius 2 is 1.84 bits per heavy atom. The monoisotopic (exact) mass is 539 g/mol. The smallest absolute Gasteiger partial charge is 0.260 e. The van der Waals surface area contributed by atoms with Gasteiger partial charge in [-0.15, -0.1) is 0 Å². The van der Waals surface area contributed by atoms with Crippen LogP contribution in [0.3, 0.4) is 0 Å². The van der Waals surface area contributed by atoms with Gasteiger partial charge in [-0.2, -0.15) is 4.31 Å². The first-order valence-corrected chi connectivity index (χ1v) is 14.7. The highest BCUT2D eigenvalue weighted by Gasteiger charge is 2.27. The van der Waals surface area contributed by atoms with E-state index in [1.165, 1.54) is 23.5 Å². The van der Waals surface area contributed by atoms with Crippen LogP contribution in [0.15, 0.2) is 70.2 Å². The predicted octanol–water partition coefficient (Wildman–Crippen LogP) is 5.70. The number of amides is 1. The Balaban J connectivity index is 1.44. The highest BCUT2D eigenvalue weighted by Crippen LogP contribution is 2.33. The number of carbonyl (C=O) groups is 1. The minimum absolute atomic E-state index is 0.192. The number of fused-ring (bicyclic) bond motifs is 1. The molecule has 0 atom stereocenters. The summed E-state index contributed by atoms with van der Waals surface area (Å²) in [7, 11) is -3.60. The average Bonchev–Trinajstić information content (AvgIpc) is 3.48. The van der Waals surface area contributed by atoms with Crippen molar-refractivity contribution in [3.8, 4) is 5.75 Å². The molecule has 194 valence electrons. The van der Waals surface area contributed by atoms with E-state index in [4.69, 9.17) is 14.1 Å². The second-order valence-electron chi connectivity index (χ2n) is 8.87. The third-order valence-corrected chi connectivity index (χ3v) is 9.29. The molecule has 10 heteroatoms. The van der Waals surface area contributed by atoms with E-state index in [1.54, 1.807) is 39.7 Å². The van der Waals surface area contributed by atoms with Crippen molar-refractivity contribution in [1.82, 2.24) is 9.29 Å². The van der Waals surface area contributed by atoms with Crippen molar-refractivity contribution in [3.63, 3.8) is 0 Å². The van der Waals surface area contributed by atoms with E-state index in [9.17, 15) is 13.2 Å². The van der Waals surface area contributed by atoms with Crippen LogP contribution in [0.4, 0.5) is 5.13 Å². The highest BCUT2D eigenvalue weighted by atomic mass is 32.2. The maximum absolute atomic E-state index is 13.7. The first-order chi connectivity index (χ1) is 18.0. The zero-order chi connectivity index (χ0) is 25.8. The number of sulfonamides is 1. The van der Waals surface area contributed by atoms with Crippen molar-refractivity contribution in [2.24, 2.45) is 0 Å². The maximum Gasteiger partial charge on any atom is 0.260 e. The third-order valence-electron chi connectivity index (χ3n) is 6.33. The number of aromatic nitrogens is 1.